The molecule has 0 radical (unpaired) electrons. The molecule has 6 nitrogen and oxygen atoms in total. The fourth-order valence-corrected chi connectivity index (χ4v) is 4.36. The summed E-state index contributed by atoms with van der Waals surface area (Å²) >= 11 is 3.50. The largest absolute Gasteiger partial charge is 0.492 e. The normalized spacial score (nSPS) is 14.7. The van der Waals surface area contributed by atoms with Crippen LogP contribution in [0.2, 0.25) is 0 Å². The zero-order valence-corrected chi connectivity index (χ0v) is 21.6. The Morgan fingerprint density at radius 1 is 0.886 bits per heavy atom. The molecule has 0 spiro atoms. The minimum Gasteiger partial charge on any atom is -0.492 e. The van der Waals surface area contributed by atoms with Crippen molar-refractivity contribution in [2.75, 3.05) is 13.7 Å². The van der Waals surface area contributed by atoms with E-state index in [1.807, 2.05) is 67.6 Å². The van der Waals surface area contributed by atoms with Gasteiger partial charge in [0.15, 0.2) is 11.5 Å². The number of methoxy groups -OCH3 is 1. The highest BCUT2D eigenvalue weighted by Gasteiger charge is 2.28. The smallest absolute Gasteiger partial charge is 0.166 e. The fraction of sp³-hybridized carbons (Fsp3) is 0.357. The third-order valence-electron chi connectivity index (χ3n) is 5.88. The molecule has 0 aliphatic rings. The number of aliphatic hydroxyl groups excluding tert-OH is 3. The van der Waals surface area contributed by atoms with Gasteiger partial charge in [-0.25, -0.2) is 0 Å². The number of rotatable bonds is 13. The van der Waals surface area contributed by atoms with E-state index in [4.69, 9.17) is 14.2 Å². The molecule has 3 aromatic rings. The van der Waals surface area contributed by atoms with Crippen LogP contribution in [0.3, 0.4) is 0 Å². The van der Waals surface area contributed by atoms with Crippen molar-refractivity contribution in [2.24, 2.45) is 5.92 Å². The molecule has 0 aromatic heterocycles. The molecule has 3 N–H and O–H groups in total. The van der Waals surface area contributed by atoms with Crippen LogP contribution >= 0.6 is 15.9 Å². The van der Waals surface area contributed by atoms with Crippen molar-refractivity contribution in [3.8, 4) is 11.5 Å². The van der Waals surface area contributed by atoms with E-state index in [1.165, 1.54) is 7.11 Å². The Kier molecular flexibility index (Phi) is 10.6. The van der Waals surface area contributed by atoms with Crippen LogP contribution < -0.4 is 9.47 Å². The molecule has 35 heavy (non-hydrogen) atoms. The van der Waals surface area contributed by atoms with E-state index < -0.39 is 18.3 Å². The van der Waals surface area contributed by atoms with E-state index in [1.54, 1.807) is 12.1 Å². The van der Waals surface area contributed by atoms with Crippen LogP contribution in [-0.2, 0) is 18.0 Å². The maximum absolute atomic E-state index is 11.2. The second-order valence-electron chi connectivity index (χ2n) is 8.54. The van der Waals surface area contributed by atoms with Crippen molar-refractivity contribution in [1.82, 2.24) is 0 Å². The van der Waals surface area contributed by atoms with Gasteiger partial charge in [-0.05, 0) is 35.6 Å². The number of aliphatic hydroxyl groups is 3. The Hall–Kier alpha value is -2.42. The molecule has 4 atom stereocenters. The molecule has 7 heteroatoms. The third kappa shape index (κ3) is 7.78. The Morgan fingerprint density at radius 3 is 2.06 bits per heavy atom. The van der Waals surface area contributed by atoms with Gasteiger partial charge in [0.05, 0.1) is 32.5 Å². The number of halogens is 1. The molecule has 3 aromatic carbocycles. The summed E-state index contributed by atoms with van der Waals surface area (Å²) < 4.78 is 18.1. The highest BCUT2D eigenvalue weighted by molar-refractivity contribution is 9.10. The average Bonchev–Trinajstić information content (AvgIpc) is 2.88. The minimum absolute atomic E-state index is 0.219. The average molecular weight is 545 g/mol. The summed E-state index contributed by atoms with van der Waals surface area (Å²) in [6.07, 6.45) is -2.44. The van der Waals surface area contributed by atoms with E-state index in [0.29, 0.717) is 23.7 Å². The lowest BCUT2D eigenvalue weighted by Crippen LogP contribution is -2.34. The maximum atomic E-state index is 11.2. The molecule has 0 saturated carbocycles. The zero-order chi connectivity index (χ0) is 25.2. The summed E-state index contributed by atoms with van der Waals surface area (Å²) in [4.78, 5) is 0. The standard InChI is InChI=1S/C28H33BrO6/c1-19(13-24(31)26(16-30)35-18-21-11-7-4-8-12-21)27(32)23-14-22(29)15-25(28(23)33-2)34-17-20-9-5-3-6-10-20/h3-12,14-15,19,24,26-27,30-32H,13,16-18H2,1-2H3/t19-,24+,26-,27?/m1/s1. The van der Waals surface area contributed by atoms with Crippen LogP contribution in [0.1, 0.15) is 36.1 Å². The van der Waals surface area contributed by atoms with Crippen molar-refractivity contribution in [3.63, 3.8) is 0 Å². The third-order valence-corrected chi connectivity index (χ3v) is 6.33. The van der Waals surface area contributed by atoms with Crippen LogP contribution in [0.4, 0.5) is 0 Å². The van der Waals surface area contributed by atoms with Gasteiger partial charge in [-0.2, -0.15) is 0 Å². The molecule has 0 fully saturated rings. The van der Waals surface area contributed by atoms with Crippen molar-refractivity contribution in [3.05, 3.63) is 94.0 Å². The van der Waals surface area contributed by atoms with Crippen LogP contribution in [-0.4, -0.2) is 41.2 Å². The molecule has 1 unspecified atom stereocenters. The quantitative estimate of drug-likeness (QED) is 0.279. The zero-order valence-electron chi connectivity index (χ0n) is 20.0. The maximum Gasteiger partial charge on any atom is 0.166 e. The summed E-state index contributed by atoms with van der Waals surface area (Å²) in [5.41, 5.74) is 2.52. The van der Waals surface area contributed by atoms with Crippen molar-refractivity contribution >= 4 is 15.9 Å². The van der Waals surface area contributed by atoms with Crippen molar-refractivity contribution in [1.29, 1.82) is 0 Å². The first-order valence-electron chi connectivity index (χ1n) is 11.6. The van der Waals surface area contributed by atoms with E-state index >= 15 is 0 Å². The van der Waals surface area contributed by atoms with Gasteiger partial charge in [-0.15, -0.1) is 0 Å². The van der Waals surface area contributed by atoms with Gasteiger partial charge in [0, 0.05) is 10.0 Å². The molecule has 0 heterocycles. The summed E-state index contributed by atoms with van der Waals surface area (Å²) in [5.74, 6) is 0.591. The topological polar surface area (TPSA) is 88.4 Å². The molecule has 3 rings (SSSR count). The van der Waals surface area contributed by atoms with Gasteiger partial charge < -0.3 is 29.5 Å². The van der Waals surface area contributed by atoms with E-state index in [-0.39, 0.29) is 25.6 Å². The van der Waals surface area contributed by atoms with Crippen LogP contribution in [0.15, 0.2) is 77.3 Å². The molecule has 0 bridgehead atoms. The minimum atomic E-state index is -0.958. The Labute approximate surface area is 215 Å². The highest BCUT2D eigenvalue weighted by atomic mass is 79.9. The van der Waals surface area contributed by atoms with Crippen molar-refractivity contribution in [2.45, 2.75) is 44.9 Å². The Bertz CT molecular complexity index is 1030. The molecule has 0 amide bonds. The Morgan fingerprint density at radius 2 is 1.49 bits per heavy atom. The number of ether oxygens (including phenoxy) is 3. The van der Waals surface area contributed by atoms with Crippen molar-refractivity contribution < 1.29 is 29.5 Å². The first-order chi connectivity index (χ1) is 16.9. The number of hydrogen-bond acceptors (Lipinski definition) is 6. The summed E-state index contributed by atoms with van der Waals surface area (Å²) in [6, 6.07) is 22.9. The fourth-order valence-electron chi connectivity index (χ4n) is 3.90. The second-order valence-corrected chi connectivity index (χ2v) is 9.46. The Balaban J connectivity index is 1.68. The summed E-state index contributed by atoms with van der Waals surface area (Å²) in [7, 11) is 1.54. The lowest BCUT2D eigenvalue weighted by Gasteiger charge is -2.28. The molecular formula is C28H33BrO6. The van der Waals surface area contributed by atoms with E-state index in [0.717, 1.165) is 15.6 Å². The van der Waals surface area contributed by atoms with Crippen LogP contribution in [0, 0.1) is 5.92 Å². The van der Waals surface area contributed by atoms with Gasteiger partial charge in [0.2, 0.25) is 0 Å². The number of hydrogen-bond donors (Lipinski definition) is 3. The van der Waals surface area contributed by atoms with Gasteiger partial charge in [-0.3, -0.25) is 0 Å². The molecule has 0 saturated heterocycles. The summed E-state index contributed by atoms with van der Waals surface area (Å²) in [5, 5.41) is 31.7. The molecule has 0 aliphatic heterocycles. The molecule has 188 valence electrons. The van der Waals surface area contributed by atoms with Gasteiger partial charge in [-0.1, -0.05) is 83.5 Å². The SMILES string of the molecule is COc1c(OCc2ccccc2)cc(Br)cc1C(O)[C@H](C)C[C@H](O)[C@@H](CO)OCc1ccccc1. The van der Waals surface area contributed by atoms with E-state index in [2.05, 4.69) is 15.9 Å². The lowest BCUT2D eigenvalue weighted by molar-refractivity contribution is -0.0823. The van der Waals surface area contributed by atoms with Gasteiger partial charge >= 0.3 is 0 Å². The first-order valence-corrected chi connectivity index (χ1v) is 12.4. The summed E-state index contributed by atoms with van der Waals surface area (Å²) in [6.45, 7) is 2.15. The predicted molar refractivity (Wildman–Crippen MR) is 138 cm³/mol. The van der Waals surface area contributed by atoms with Crippen LogP contribution in [0.25, 0.3) is 0 Å². The first kappa shape index (κ1) is 27.2. The van der Waals surface area contributed by atoms with Gasteiger partial charge in [0.1, 0.15) is 12.7 Å². The predicted octanol–water partition coefficient (Wildman–Crippen LogP) is 5.03. The lowest BCUT2D eigenvalue weighted by atomic mass is 9.90. The highest BCUT2D eigenvalue weighted by Crippen LogP contribution is 2.41. The molecule has 0 aliphatic carbocycles. The van der Waals surface area contributed by atoms with Gasteiger partial charge in [0.25, 0.3) is 0 Å². The van der Waals surface area contributed by atoms with E-state index in [9.17, 15) is 15.3 Å². The van der Waals surface area contributed by atoms with Crippen LogP contribution in [0.5, 0.6) is 11.5 Å². The molecular weight excluding hydrogens is 512 g/mol. The number of benzene rings is 3. The second kappa shape index (κ2) is 13.6. The monoisotopic (exact) mass is 544 g/mol.